The second kappa shape index (κ2) is 4.60. The van der Waals surface area contributed by atoms with Crippen molar-refractivity contribution in [1.29, 1.82) is 0 Å². The molecule has 2 amide bonds. The van der Waals surface area contributed by atoms with E-state index < -0.39 is 0 Å². The molecule has 0 unspecified atom stereocenters. The van der Waals surface area contributed by atoms with Gasteiger partial charge < -0.3 is 5.32 Å². The van der Waals surface area contributed by atoms with Crippen molar-refractivity contribution in [3.63, 3.8) is 0 Å². The maximum atomic E-state index is 12.5. The molecule has 1 aromatic rings. The number of hydrogen-bond acceptors (Lipinski definition) is 3. The summed E-state index contributed by atoms with van der Waals surface area (Å²) in [7, 11) is 0. The number of nitrogens with one attached hydrogen (secondary N) is 1. The first-order valence-electron chi connectivity index (χ1n) is 7.18. The number of amides is 2. The Hall–Kier alpha value is -1.81. The summed E-state index contributed by atoms with van der Waals surface area (Å²) in [6.07, 6.45) is 5.16. The zero-order valence-corrected chi connectivity index (χ0v) is 12.1. The largest absolute Gasteiger partial charge is 0.367 e. The van der Waals surface area contributed by atoms with Gasteiger partial charge in [0.15, 0.2) is 0 Å². The van der Waals surface area contributed by atoms with E-state index in [0.717, 1.165) is 12.1 Å². The Balaban J connectivity index is 1.50. The minimum Gasteiger partial charge on any atom is -0.367 e. The SMILES string of the molecule is O=C1[C@@H]2[C@H](C(=O)N1CNc1cccc(Cl)c1)[C@H]1C=C[C@@H]2C1. The first-order valence-corrected chi connectivity index (χ1v) is 7.56. The zero-order chi connectivity index (χ0) is 14.6. The molecule has 2 fully saturated rings. The molecule has 0 aromatic heterocycles. The van der Waals surface area contributed by atoms with Crippen molar-refractivity contribution in [2.24, 2.45) is 23.7 Å². The Morgan fingerprint density at radius 2 is 1.81 bits per heavy atom. The van der Waals surface area contributed by atoms with Gasteiger partial charge in [0, 0.05) is 10.7 Å². The van der Waals surface area contributed by atoms with E-state index in [1.165, 1.54) is 4.90 Å². The van der Waals surface area contributed by atoms with Crippen LogP contribution < -0.4 is 5.32 Å². The van der Waals surface area contributed by atoms with Gasteiger partial charge in [-0.3, -0.25) is 14.5 Å². The van der Waals surface area contributed by atoms with Crippen molar-refractivity contribution in [3.05, 3.63) is 41.4 Å². The summed E-state index contributed by atoms with van der Waals surface area (Å²) < 4.78 is 0. The third-order valence-corrected chi connectivity index (χ3v) is 5.06. The molecule has 2 aliphatic carbocycles. The fraction of sp³-hybridized carbons (Fsp3) is 0.375. The van der Waals surface area contributed by atoms with Gasteiger partial charge in [0.2, 0.25) is 11.8 Å². The molecule has 3 aliphatic rings. The Morgan fingerprint density at radius 1 is 1.14 bits per heavy atom. The quantitative estimate of drug-likeness (QED) is 0.689. The molecule has 1 saturated heterocycles. The van der Waals surface area contributed by atoms with Crippen LogP contribution in [0.15, 0.2) is 36.4 Å². The molecule has 4 rings (SSSR count). The summed E-state index contributed by atoms with van der Waals surface area (Å²) in [5.41, 5.74) is 0.807. The predicted molar refractivity (Wildman–Crippen MR) is 79.5 cm³/mol. The topological polar surface area (TPSA) is 49.4 Å². The van der Waals surface area contributed by atoms with E-state index in [-0.39, 0.29) is 42.2 Å². The van der Waals surface area contributed by atoms with Gasteiger partial charge in [-0.05, 0) is 36.5 Å². The monoisotopic (exact) mass is 302 g/mol. The van der Waals surface area contributed by atoms with Crippen LogP contribution in [0.3, 0.4) is 0 Å². The number of benzene rings is 1. The number of anilines is 1. The van der Waals surface area contributed by atoms with Crippen LogP contribution in [0.25, 0.3) is 0 Å². The van der Waals surface area contributed by atoms with Gasteiger partial charge in [0.1, 0.15) is 0 Å². The van der Waals surface area contributed by atoms with E-state index >= 15 is 0 Å². The number of imide groups is 1. The molecule has 1 aromatic carbocycles. The van der Waals surface area contributed by atoms with Crippen LogP contribution in [0, 0.1) is 23.7 Å². The van der Waals surface area contributed by atoms with Crippen LogP contribution >= 0.6 is 11.6 Å². The van der Waals surface area contributed by atoms with Crippen molar-refractivity contribution in [3.8, 4) is 0 Å². The minimum absolute atomic E-state index is 0.0311. The lowest BCUT2D eigenvalue weighted by Crippen LogP contribution is -2.37. The second-order valence-electron chi connectivity index (χ2n) is 5.95. The van der Waals surface area contributed by atoms with Crippen LogP contribution in [0.5, 0.6) is 0 Å². The number of fused-ring (bicyclic) bond motifs is 5. The number of nitrogens with zero attached hydrogens (tertiary/aromatic N) is 1. The third-order valence-electron chi connectivity index (χ3n) is 4.83. The molecule has 5 heteroatoms. The lowest BCUT2D eigenvalue weighted by Gasteiger charge is -2.18. The maximum absolute atomic E-state index is 12.5. The van der Waals surface area contributed by atoms with Crippen molar-refractivity contribution < 1.29 is 9.59 Å². The predicted octanol–water partition coefficient (Wildman–Crippen LogP) is 2.52. The van der Waals surface area contributed by atoms with Crippen LogP contribution in [0.2, 0.25) is 5.02 Å². The Labute approximate surface area is 127 Å². The number of rotatable bonds is 3. The molecular weight excluding hydrogens is 288 g/mol. The lowest BCUT2D eigenvalue weighted by atomic mass is 9.85. The number of likely N-dealkylation sites (tertiary alicyclic amines) is 1. The van der Waals surface area contributed by atoms with Crippen LogP contribution in [0.1, 0.15) is 6.42 Å². The summed E-state index contributed by atoms with van der Waals surface area (Å²) in [5.74, 6) is 0.190. The minimum atomic E-state index is -0.131. The summed E-state index contributed by atoms with van der Waals surface area (Å²) in [4.78, 5) is 26.3. The van der Waals surface area contributed by atoms with Gasteiger partial charge in [0.25, 0.3) is 0 Å². The third kappa shape index (κ3) is 1.89. The second-order valence-corrected chi connectivity index (χ2v) is 6.39. The molecular formula is C16H15ClN2O2. The summed E-state index contributed by atoms with van der Waals surface area (Å²) in [6.45, 7) is 0.213. The average molecular weight is 303 g/mol. The first-order chi connectivity index (χ1) is 10.1. The molecule has 1 saturated carbocycles. The summed E-state index contributed by atoms with van der Waals surface area (Å²) >= 11 is 5.93. The van der Waals surface area contributed by atoms with Gasteiger partial charge in [0.05, 0.1) is 18.5 Å². The highest BCUT2D eigenvalue weighted by molar-refractivity contribution is 6.30. The van der Waals surface area contributed by atoms with Crippen LogP contribution in [-0.4, -0.2) is 23.4 Å². The maximum Gasteiger partial charge on any atom is 0.235 e. The van der Waals surface area contributed by atoms with Crippen LogP contribution in [0.4, 0.5) is 5.69 Å². The molecule has 0 radical (unpaired) electrons. The highest BCUT2D eigenvalue weighted by atomic mass is 35.5. The number of halogens is 1. The summed E-state index contributed by atoms with van der Waals surface area (Å²) in [6, 6.07) is 7.26. The normalized spacial score (nSPS) is 32.9. The van der Waals surface area contributed by atoms with Crippen molar-refractivity contribution in [1.82, 2.24) is 4.90 Å². The molecule has 108 valence electrons. The standard InChI is InChI=1S/C16H15ClN2O2/c17-11-2-1-3-12(7-11)18-8-19-15(20)13-9-4-5-10(6-9)14(13)16(19)21/h1-5,7,9-10,13-14,18H,6,8H2/t9-,10+,13+,14-. The molecule has 4 atom stereocenters. The molecule has 21 heavy (non-hydrogen) atoms. The number of carbonyl (C=O) groups excluding carboxylic acids is 2. The zero-order valence-electron chi connectivity index (χ0n) is 11.3. The van der Waals surface area contributed by atoms with Crippen molar-refractivity contribution >= 4 is 29.1 Å². The highest BCUT2D eigenvalue weighted by Crippen LogP contribution is 2.52. The number of carbonyl (C=O) groups is 2. The van der Waals surface area contributed by atoms with E-state index in [2.05, 4.69) is 17.5 Å². The molecule has 1 aliphatic heterocycles. The van der Waals surface area contributed by atoms with Crippen molar-refractivity contribution in [2.45, 2.75) is 6.42 Å². The van der Waals surface area contributed by atoms with Gasteiger partial charge in [-0.2, -0.15) is 0 Å². The number of allylic oxidation sites excluding steroid dienone is 2. The first kappa shape index (κ1) is 12.9. The number of hydrogen-bond donors (Lipinski definition) is 1. The fourth-order valence-corrected chi connectivity index (χ4v) is 4.08. The summed E-state index contributed by atoms with van der Waals surface area (Å²) in [5, 5.41) is 3.73. The lowest BCUT2D eigenvalue weighted by molar-refractivity contribution is -0.140. The average Bonchev–Trinajstić information content (AvgIpc) is 3.12. The smallest absolute Gasteiger partial charge is 0.235 e. The van der Waals surface area contributed by atoms with Gasteiger partial charge in [-0.1, -0.05) is 29.8 Å². The van der Waals surface area contributed by atoms with E-state index in [0.29, 0.717) is 5.02 Å². The Kier molecular flexibility index (Phi) is 2.82. The molecule has 0 spiro atoms. The molecule has 4 nitrogen and oxygen atoms in total. The van der Waals surface area contributed by atoms with E-state index in [1.54, 1.807) is 12.1 Å². The van der Waals surface area contributed by atoms with Crippen molar-refractivity contribution in [2.75, 3.05) is 12.0 Å². The highest BCUT2D eigenvalue weighted by Gasteiger charge is 2.59. The van der Waals surface area contributed by atoms with Crippen LogP contribution in [-0.2, 0) is 9.59 Å². The van der Waals surface area contributed by atoms with Gasteiger partial charge in [-0.25, -0.2) is 0 Å². The Morgan fingerprint density at radius 3 is 2.43 bits per heavy atom. The van der Waals surface area contributed by atoms with E-state index in [1.807, 2.05) is 12.1 Å². The van der Waals surface area contributed by atoms with E-state index in [4.69, 9.17) is 11.6 Å². The molecule has 1 N–H and O–H groups in total. The molecule has 1 heterocycles. The van der Waals surface area contributed by atoms with Gasteiger partial charge >= 0.3 is 0 Å². The fourth-order valence-electron chi connectivity index (χ4n) is 3.89. The van der Waals surface area contributed by atoms with Gasteiger partial charge in [-0.15, -0.1) is 0 Å². The van der Waals surface area contributed by atoms with E-state index in [9.17, 15) is 9.59 Å². The molecule has 2 bridgehead atoms. The Bertz CT molecular complexity index is 627.